The fourth-order valence-electron chi connectivity index (χ4n) is 29.6. The second kappa shape index (κ2) is 4.33. The Morgan fingerprint density at radius 2 is 1.18 bits per heavy atom. The van der Waals surface area contributed by atoms with E-state index in [1.165, 1.54) is 68.3 Å². The van der Waals surface area contributed by atoms with Gasteiger partial charge in [0.1, 0.15) is 0 Å². The van der Waals surface area contributed by atoms with E-state index < -0.39 is 14.6 Å². The van der Waals surface area contributed by atoms with Crippen LogP contribution in [0.15, 0.2) is 72.8 Å². The van der Waals surface area contributed by atoms with Gasteiger partial charge in [0.15, 0.2) is 0 Å². The molecule has 4 aliphatic carbocycles. The fraction of sp³-hybridized carbons (Fsp3) is 0.581. The summed E-state index contributed by atoms with van der Waals surface area (Å²) in [6.45, 7) is 4.28. The van der Waals surface area contributed by atoms with Crippen LogP contribution < -0.4 is 0 Å². The molecule has 252 valence electrons. The van der Waals surface area contributed by atoms with E-state index in [4.69, 9.17) is 9.97 Å². The molecule has 0 radical (unpaired) electrons. The molecule has 6 heteroatoms. The van der Waals surface area contributed by atoms with Crippen LogP contribution in [0.3, 0.4) is 0 Å². The third-order valence-electron chi connectivity index (χ3n) is 26.3. The van der Waals surface area contributed by atoms with Crippen LogP contribution in [-0.4, -0.2) is 24.2 Å². The molecular formula is C43H48FeN2P2Si. The second-order valence-corrected chi connectivity index (χ2v) is 53.2. The molecule has 10 aliphatic heterocycles. The van der Waals surface area contributed by atoms with E-state index >= 15 is 0 Å². The summed E-state index contributed by atoms with van der Waals surface area (Å²) in [7, 11) is 5.95. The molecule has 14 fully saturated rings. The topological polar surface area (TPSA) is 25.8 Å². The maximum absolute atomic E-state index is 5.86. The summed E-state index contributed by atoms with van der Waals surface area (Å²) in [5.41, 5.74) is 5.68. The van der Waals surface area contributed by atoms with Crippen molar-refractivity contribution in [1.82, 2.24) is 9.97 Å². The van der Waals surface area contributed by atoms with Crippen LogP contribution in [0.5, 0.6) is 0 Å². The minimum absolute atomic E-state index is 0.195. The monoisotopic (exact) mass is 738 g/mol. The Labute approximate surface area is 285 Å². The number of benzene rings is 2. The Morgan fingerprint density at radius 3 is 1.63 bits per heavy atom. The molecule has 12 heterocycles. The number of para-hydroxylation sites is 2. The van der Waals surface area contributed by atoms with E-state index in [2.05, 4.69) is 111 Å². The van der Waals surface area contributed by atoms with Crippen LogP contribution in [0, 0.1) is 29.1 Å². The predicted octanol–water partition coefficient (Wildman–Crippen LogP) is 11.6. The second-order valence-electron chi connectivity index (χ2n) is 23.2. The van der Waals surface area contributed by atoms with E-state index in [0.717, 1.165) is 32.4 Å². The zero-order valence-electron chi connectivity index (χ0n) is 28.9. The minimum atomic E-state index is -4.45. The van der Waals surface area contributed by atoms with Gasteiger partial charge < -0.3 is 0 Å². The van der Waals surface area contributed by atoms with Crippen LogP contribution in [0.2, 0.25) is 65.9 Å². The number of aromatic nitrogens is 2. The zero-order chi connectivity index (χ0) is 32.3. The fourth-order valence-corrected chi connectivity index (χ4v) is 141. The van der Waals surface area contributed by atoms with E-state index in [-0.39, 0.29) is 5.16 Å². The molecule has 2 aromatic heterocycles. The van der Waals surface area contributed by atoms with Gasteiger partial charge >= 0.3 is 287 Å². The van der Waals surface area contributed by atoms with Gasteiger partial charge in [-0.15, -0.1) is 0 Å². The SMILES string of the molecule is C[Si](C)(C)[C]12[CH]3[C]4(C(P)(c5ccc6ccccc6n5)c5ccc6ccccc6n5)[C]5(C6(CP)C7CC8CC(C7)CC6C8)[CH]1[Fe]34521678[CH]2[CH]1[CH]6[CH]7[CH]28. The van der Waals surface area contributed by atoms with E-state index in [0.29, 0.717) is 14.0 Å². The maximum atomic E-state index is 5.86. The first kappa shape index (κ1) is 25.8. The van der Waals surface area contributed by atoms with Crippen molar-refractivity contribution in [3.05, 3.63) is 84.2 Å². The van der Waals surface area contributed by atoms with Gasteiger partial charge in [0, 0.05) is 0 Å². The Hall–Kier alpha value is -1.14. The molecule has 10 saturated heterocycles. The number of hydrogen-bond donors (Lipinski definition) is 0. The Bertz CT molecular complexity index is 2720. The molecule has 1 spiro atoms. The van der Waals surface area contributed by atoms with Crippen molar-refractivity contribution in [2.75, 3.05) is 6.16 Å². The summed E-state index contributed by atoms with van der Waals surface area (Å²) < 4.78 is 1.99. The van der Waals surface area contributed by atoms with Gasteiger partial charge in [0.2, 0.25) is 0 Å². The third-order valence-corrected chi connectivity index (χ3v) is 81.1. The van der Waals surface area contributed by atoms with Gasteiger partial charge in [-0.25, -0.2) is 0 Å². The van der Waals surface area contributed by atoms with Crippen molar-refractivity contribution in [3.63, 3.8) is 0 Å². The molecule has 4 aromatic rings. The molecule has 7 unspecified atom stereocenters. The molecule has 4 bridgehead atoms. The first-order chi connectivity index (χ1) is 23.4. The summed E-state index contributed by atoms with van der Waals surface area (Å²) in [5, 5.41) is 2.37. The van der Waals surface area contributed by atoms with Crippen LogP contribution in [0.25, 0.3) is 21.8 Å². The van der Waals surface area contributed by atoms with E-state index in [1.807, 2.05) is 0 Å². The van der Waals surface area contributed by atoms with Crippen molar-refractivity contribution in [2.45, 2.75) is 103 Å². The van der Waals surface area contributed by atoms with Crippen molar-refractivity contribution < 1.29 is 6.51 Å². The molecule has 0 N–H and O–H groups in total. The van der Waals surface area contributed by atoms with Crippen molar-refractivity contribution in [2.24, 2.45) is 29.1 Å². The van der Waals surface area contributed by atoms with Crippen LogP contribution >= 0.6 is 18.5 Å². The van der Waals surface area contributed by atoms with Crippen molar-refractivity contribution >= 4 is 48.4 Å². The number of rotatable bonds is 6. The third kappa shape index (κ3) is 0.757. The summed E-state index contributed by atoms with van der Waals surface area (Å²) >= 11 is 0. The number of nitrogens with zero attached hydrogens (tertiary/aromatic N) is 2. The average Bonchev–Trinajstić information content (AvgIpc) is 4.05. The van der Waals surface area contributed by atoms with Gasteiger partial charge in [-0.2, -0.15) is 0 Å². The molecule has 14 aliphatic rings. The van der Waals surface area contributed by atoms with E-state index in [9.17, 15) is 0 Å². The zero-order valence-corrected chi connectivity index (χ0v) is 33.3. The normalized spacial score (nSPS) is 65.7. The van der Waals surface area contributed by atoms with Crippen LogP contribution in [-0.2, 0) is 11.7 Å². The Kier molecular flexibility index (Phi) is 2.28. The van der Waals surface area contributed by atoms with Gasteiger partial charge in [0.05, 0.1) is 0 Å². The van der Waals surface area contributed by atoms with Gasteiger partial charge in [0.25, 0.3) is 0 Å². The van der Waals surface area contributed by atoms with Crippen LogP contribution in [0.4, 0.5) is 0 Å². The van der Waals surface area contributed by atoms with Gasteiger partial charge in [-0.05, 0) is 0 Å². The van der Waals surface area contributed by atoms with E-state index in [1.54, 1.807) is 32.1 Å². The quantitative estimate of drug-likeness (QED) is 0.145. The van der Waals surface area contributed by atoms with Gasteiger partial charge in [-0.3, -0.25) is 0 Å². The summed E-state index contributed by atoms with van der Waals surface area (Å²) in [4.78, 5) is 20.1. The predicted molar refractivity (Wildman–Crippen MR) is 206 cm³/mol. The Balaban J connectivity index is 1.07. The summed E-state index contributed by atoms with van der Waals surface area (Å²) in [5.74, 6) is 4.04. The van der Waals surface area contributed by atoms with Gasteiger partial charge in [-0.1, -0.05) is 0 Å². The van der Waals surface area contributed by atoms with Crippen LogP contribution in [0.1, 0.15) is 43.5 Å². The number of fused-ring (bicyclic) bond motifs is 13. The first-order valence-corrected chi connectivity index (χ1v) is 30.9. The molecular weight excluding hydrogens is 690 g/mol. The molecule has 7 atom stereocenters. The molecule has 18 rings (SSSR count). The number of hydrogen-bond acceptors (Lipinski definition) is 2. The molecule has 0 amide bonds. The van der Waals surface area contributed by atoms with Crippen molar-refractivity contribution in [1.29, 1.82) is 0 Å². The summed E-state index contributed by atoms with van der Waals surface area (Å²) in [6, 6.07) is 27.9. The number of pyridine rings is 2. The average molecular weight is 739 g/mol. The van der Waals surface area contributed by atoms with Crippen molar-refractivity contribution in [3.8, 4) is 0 Å². The molecule has 4 saturated carbocycles. The molecule has 49 heavy (non-hydrogen) atoms. The standard InChI is InChI=1S/C38H43N2P2Si.C5H5.Fe/c1-43(2,3)30-21-31(37(23-41)28-17-24-16-25(19-28)20-29(37)18-24)32(22-30)38(42,35-14-12-26-8-4-6-10-33(26)39-35)36-15-13-27-9-5-7-11-34(27)40-36;1-2-4-5-3-1;/h4-15,21-22,24-25,28-29H,16-20,23,41-42H2,1-3H3;1-5H;. The Morgan fingerprint density at radius 1 is 0.694 bits per heavy atom. The molecule has 2 aromatic carbocycles. The summed E-state index contributed by atoms with van der Waals surface area (Å²) in [6.07, 6.45) is 9.27. The first-order valence-electron chi connectivity index (χ1n) is 19.9. The molecule has 2 nitrogen and oxygen atoms in total.